The summed E-state index contributed by atoms with van der Waals surface area (Å²) in [5, 5.41) is 4.35. The number of benzene rings is 1. The predicted molar refractivity (Wildman–Crippen MR) is 121 cm³/mol. The number of pyridine rings is 1. The van der Waals surface area contributed by atoms with E-state index in [1.54, 1.807) is 11.3 Å². The number of nitrogens with one attached hydrogen (secondary N) is 1. The second kappa shape index (κ2) is 8.67. The summed E-state index contributed by atoms with van der Waals surface area (Å²) >= 11 is 1.63. The largest absolute Gasteiger partial charge is 0.469 e. The summed E-state index contributed by atoms with van der Waals surface area (Å²) in [6, 6.07) is 12.7. The van der Waals surface area contributed by atoms with Crippen molar-refractivity contribution < 1.29 is 9.53 Å². The van der Waals surface area contributed by atoms with Gasteiger partial charge in [-0.1, -0.05) is 48.6 Å². The third-order valence-electron chi connectivity index (χ3n) is 5.01. The van der Waals surface area contributed by atoms with E-state index in [2.05, 4.69) is 42.3 Å². The minimum Gasteiger partial charge on any atom is -0.469 e. The van der Waals surface area contributed by atoms with Gasteiger partial charge in [0.15, 0.2) is 5.13 Å². The summed E-state index contributed by atoms with van der Waals surface area (Å²) < 4.78 is 6.78. The molecule has 3 heterocycles. The Morgan fingerprint density at radius 3 is 2.77 bits per heavy atom. The first-order valence-electron chi connectivity index (χ1n) is 9.94. The van der Waals surface area contributed by atoms with Gasteiger partial charge in [0.05, 0.1) is 24.1 Å². The zero-order valence-electron chi connectivity index (χ0n) is 17.3. The van der Waals surface area contributed by atoms with Gasteiger partial charge in [-0.2, -0.15) is 0 Å². The van der Waals surface area contributed by atoms with E-state index in [1.165, 1.54) is 7.11 Å². The molecular formula is C23H24N4O2S. The number of fused-ring (bicyclic) bond motifs is 1. The topological polar surface area (TPSA) is 68.5 Å². The highest BCUT2D eigenvalue weighted by Gasteiger charge is 2.15. The van der Waals surface area contributed by atoms with E-state index in [1.807, 2.05) is 41.2 Å². The Hall–Kier alpha value is -3.19. The van der Waals surface area contributed by atoms with Crippen molar-refractivity contribution in [3.63, 3.8) is 0 Å². The Morgan fingerprint density at radius 2 is 2.03 bits per heavy atom. The van der Waals surface area contributed by atoms with Gasteiger partial charge in [0.1, 0.15) is 5.65 Å². The van der Waals surface area contributed by atoms with Crippen LogP contribution in [0.15, 0.2) is 55.0 Å². The molecule has 0 fully saturated rings. The van der Waals surface area contributed by atoms with E-state index >= 15 is 0 Å². The van der Waals surface area contributed by atoms with Crippen LogP contribution in [0.25, 0.3) is 27.2 Å². The number of carbonyl (C=O) groups is 1. The summed E-state index contributed by atoms with van der Waals surface area (Å²) in [6.45, 7) is 4.30. The molecule has 4 rings (SSSR count). The van der Waals surface area contributed by atoms with E-state index in [-0.39, 0.29) is 12.4 Å². The van der Waals surface area contributed by atoms with Crippen LogP contribution in [0.3, 0.4) is 0 Å². The molecule has 0 aliphatic carbocycles. The maximum absolute atomic E-state index is 11.7. The highest BCUT2D eigenvalue weighted by atomic mass is 32.1. The SMILES string of the molecule is CC[C@@H](C)Nc1ncc(-c2cc(-c3ccccc3)c3nc(CC(=O)OC)cn3c2)s1. The van der Waals surface area contributed by atoms with Gasteiger partial charge >= 0.3 is 5.97 Å². The summed E-state index contributed by atoms with van der Waals surface area (Å²) in [5.74, 6) is -0.303. The number of aromatic nitrogens is 3. The van der Waals surface area contributed by atoms with Crippen LogP contribution in [-0.4, -0.2) is 33.5 Å². The fourth-order valence-corrected chi connectivity index (χ4v) is 4.12. The van der Waals surface area contributed by atoms with Crippen molar-refractivity contribution in [2.24, 2.45) is 0 Å². The lowest BCUT2D eigenvalue weighted by molar-refractivity contribution is -0.139. The molecule has 1 atom stereocenters. The van der Waals surface area contributed by atoms with Crippen molar-refractivity contribution in [1.29, 1.82) is 0 Å². The van der Waals surface area contributed by atoms with Crippen LogP contribution in [0.5, 0.6) is 0 Å². The average molecular weight is 421 g/mol. The zero-order chi connectivity index (χ0) is 21.1. The lowest BCUT2D eigenvalue weighted by Gasteiger charge is -2.09. The van der Waals surface area contributed by atoms with Crippen molar-refractivity contribution in [2.45, 2.75) is 32.7 Å². The number of esters is 1. The molecule has 0 saturated carbocycles. The average Bonchev–Trinajstić information content (AvgIpc) is 3.39. The monoisotopic (exact) mass is 420 g/mol. The van der Waals surface area contributed by atoms with E-state index in [4.69, 9.17) is 9.72 Å². The number of nitrogens with zero attached hydrogens (tertiary/aromatic N) is 3. The van der Waals surface area contributed by atoms with E-state index in [0.717, 1.165) is 38.8 Å². The van der Waals surface area contributed by atoms with Gasteiger partial charge in [-0.3, -0.25) is 4.79 Å². The first kappa shape index (κ1) is 20.1. The molecule has 0 saturated heterocycles. The smallest absolute Gasteiger partial charge is 0.311 e. The maximum Gasteiger partial charge on any atom is 0.311 e. The van der Waals surface area contributed by atoms with Crippen molar-refractivity contribution in [2.75, 3.05) is 12.4 Å². The number of thiazole rings is 1. The third kappa shape index (κ3) is 4.21. The van der Waals surface area contributed by atoms with E-state index in [0.29, 0.717) is 11.7 Å². The van der Waals surface area contributed by atoms with Crippen LogP contribution in [-0.2, 0) is 16.0 Å². The number of methoxy groups -OCH3 is 1. The molecule has 6 nitrogen and oxygen atoms in total. The molecule has 154 valence electrons. The lowest BCUT2D eigenvalue weighted by Crippen LogP contribution is -2.12. The second-order valence-electron chi connectivity index (χ2n) is 7.21. The molecule has 1 N–H and O–H groups in total. The molecule has 0 radical (unpaired) electrons. The van der Waals surface area contributed by atoms with Crippen molar-refractivity contribution in [1.82, 2.24) is 14.4 Å². The van der Waals surface area contributed by atoms with Crippen LogP contribution in [0.1, 0.15) is 26.0 Å². The minimum absolute atomic E-state index is 0.144. The predicted octanol–water partition coefficient (Wildman–Crippen LogP) is 5.05. The molecule has 0 spiro atoms. The van der Waals surface area contributed by atoms with Crippen LogP contribution >= 0.6 is 11.3 Å². The molecule has 0 amide bonds. The van der Waals surface area contributed by atoms with Gasteiger partial charge in [-0.25, -0.2) is 9.97 Å². The number of hydrogen-bond donors (Lipinski definition) is 1. The van der Waals surface area contributed by atoms with Crippen LogP contribution < -0.4 is 5.32 Å². The van der Waals surface area contributed by atoms with Gasteiger partial charge in [0.2, 0.25) is 0 Å². The molecule has 0 aliphatic rings. The Balaban J connectivity index is 1.80. The zero-order valence-corrected chi connectivity index (χ0v) is 18.1. The Labute approximate surface area is 179 Å². The number of imidazole rings is 1. The molecule has 0 aliphatic heterocycles. The lowest BCUT2D eigenvalue weighted by atomic mass is 10.0. The molecule has 3 aromatic heterocycles. The number of ether oxygens (including phenoxy) is 1. The first-order chi connectivity index (χ1) is 14.6. The number of carbonyl (C=O) groups excluding carboxylic acids is 1. The molecule has 0 unspecified atom stereocenters. The molecule has 7 heteroatoms. The van der Waals surface area contributed by atoms with E-state index < -0.39 is 0 Å². The van der Waals surface area contributed by atoms with Gasteiger partial charge < -0.3 is 14.5 Å². The van der Waals surface area contributed by atoms with Crippen LogP contribution in [0, 0.1) is 0 Å². The van der Waals surface area contributed by atoms with Crippen molar-refractivity contribution >= 4 is 28.1 Å². The summed E-state index contributed by atoms with van der Waals surface area (Å²) in [4.78, 5) is 22.0. The third-order valence-corrected chi connectivity index (χ3v) is 5.99. The molecule has 0 bridgehead atoms. The van der Waals surface area contributed by atoms with Crippen molar-refractivity contribution in [3.05, 3.63) is 60.7 Å². The van der Waals surface area contributed by atoms with Crippen LogP contribution in [0.2, 0.25) is 0 Å². The van der Waals surface area contributed by atoms with Crippen molar-refractivity contribution in [3.8, 4) is 21.6 Å². The summed E-state index contributed by atoms with van der Waals surface area (Å²) in [6.07, 6.45) is 7.01. The maximum atomic E-state index is 11.7. The van der Waals surface area contributed by atoms with Gasteiger partial charge in [0.25, 0.3) is 0 Å². The van der Waals surface area contributed by atoms with Gasteiger partial charge in [-0.15, -0.1) is 0 Å². The summed E-state index contributed by atoms with van der Waals surface area (Å²) in [5.41, 5.74) is 4.63. The highest BCUT2D eigenvalue weighted by Crippen LogP contribution is 2.34. The number of hydrogen-bond acceptors (Lipinski definition) is 6. The first-order valence-corrected chi connectivity index (χ1v) is 10.8. The van der Waals surface area contributed by atoms with Crippen LogP contribution in [0.4, 0.5) is 5.13 Å². The summed E-state index contributed by atoms with van der Waals surface area (Å²) in [7, 11) is 1.39. The molecule has 1 aromatic carbocycles. The quantitative estimate of drug-likeness (QED) is 0.424. The Bertz CT molecular complexity index is 1170. The Morgan fingerprint density at radius 1 is 1.23 bits per heavy atom. The highest BCUT2D eigenvalue weighted by molar-refractivity contribution is 7.18. The number of anilines is 1. The molecule has 30 heavy (non-hydrogen) atoms. The number of rotatable bonds is 7. The minimum atomic E-state index is -0.303. The van der Waals surface area contributed by atoms with Gasteiger partial charge in [-0.05, 0) is 25.0 Å². The standard InChI is InChI=1S/C23H24N4O2S/c1-4-15(2)25-23-24-12-20(30-23)17-10-19(16-8-6-5-7-9-16)22-26-18(11-21(28)29-3)14-27(22)13-17/h5-10,12-15H,4,11H2,1-3H3,(H,24,25)/t15-/m1/s1. The fourth-order valence-electron chi connectivity index (χ4n) is 3.21. The second-order valence-corrected chi connectivity index (χ2v) is 8.24. The Kier molecular flexibility index (Phi) is 5.81. The molecule has 4 aromatic rings. The fraction of sp³-hybridized carbons (Fsp3) is 0.261. The van der Waals surface area contributed by atoms with Gasteiger partial charge in [0, 0.05) is 35.8 Å². The van der Waals surface area contributed by atoms with E-state index in [9.17, 15) is 4.79 Å². The normalized spacial score (nSPS) is 12.1. The molecular weight excluding hydrogens is 396 g/mol.